The molecular formula is C13H18FNO2. The van der Waals surface area contributed by atoms with Gasteiger partial charge in [0.1, 0.15) is 5.82 Å². The SMILES string of the molecule is CCOC(=O)CC(C)NCc1cccc(F)c1. The number of benzene rings is 1. The fraction of sp³-hybridized carbons (Fsp3) is 0.462. The molecule has 1 aromatic carbocycles. The minimum Gasteiger partial charge on any atom is -0.466 e. The largest absolute Gasteiger partial charge is 0.466 e. The molecule has 1 rings (SSSR count). The minimum absolute atomic E-state index is 0.0114. The molecule has 0 saturated carbocycles. The van der Waals surface area contributed by atoms with Crippen molar-refractivity contribution in [3.05, 3.63) is 35.6 Å². The summed E-state index contributed by atoms with van der Waals surface area (Å²) in [5, 5.41) is 3.15. The molecule has 0 heterocycles. The number of carbonyl (C=O) groups is 1. The van der Waals surface area contributed by atoms with E-state index in [2.05, 4.69) is 5.32 Å². The molecule has 0 spiro atoms. The van der Waals surface area contributed by atoms with Crippen molar-refractivity contribution in [1.29, 1.82) is 0 Å². The Morgan fingerprint density at radius 1 is 1.53 bits per heavy atom. The van der Waals surface area contributed by atoms with Gasteiger partial charge < -0.3 is 10.1 Å². The molecule has 1 atom stereocenters. The second kappa shape index (κ2) is 7.01. The van der Waals surface area contributed by atoms with E-state index >= 15 is 0 Å². The van der Waals surface area contributed by atoms with E-state index in [0.717, 1.165) is 5.56 Å². The Balaban J connectivity index is 2.33. The predicted octanol–water partition coefficient (Wildman–Crippen LogP) is 2.26. The van der Waals surface area contributed by atoms with Gasteiger partial charge in [0.25, 0.3) is 0 Å². The standard InChI is InChI=1S/C13H18FNO2/c1-3-17-13(16)7-10(2)15-9-11-5-4-6-12(14)8-11/h4-6,8,10,15H,3,7,9H2,1-2H3. The summed E-state index contributed by atoms with van der Waals surface area (Å²) in [4.78, 5) is 11.2. The van der Waals surface area contributed by atoms with Gasteiger partial charge in [-0.3, -0.25) is 4.79 Å². The predicted molar refractivity (Wildman–Crippen MR) is 64.0 cm³/mol. The average molecular weight is 239 g/mol. The molecular weight excluding hydrogens is 221 g/mol. The number of nitrogens with one attached hydrogen (secondary N) is 1. The van der Waals surface area contributed by atoms with Gasteiger partial charge in [-0.15, -0.1) is 0 Å². The Labute approximate surface area is 101 Å². The van der Waals surface area contributed by atoms with Crippen molar-refractivity contribution < 1.29 is 13.9 Å². The average Bonchev–Trinajstić information content (AvgIpc) is 2.27. The van der Waals surface area contributed by atoms with E-state index in [0.29, 0.717) is 19.6 Å². The van der Waals surface area contributed by atoms with Crippen LogP contribution in [0, 0.1) is 5.82 Å². The van der Waals surface area contributed by atoms with Crippen LogP contribution < -0.4 is 5.32 Å². The maximum Gasteiger partial charge on any atom is 0.307 e. The first-order valence-corrected chi connectivity index (χ1v) is 5.75. The number of halogens is 1. The van der Waals surface area contributed by atoms with Crippen LogP contribution in [0.5, 0.6) is 0 Å². The third-order valence-corrected chi connectivity index (χ3v) is 2.32. The van der Waals surface area contributed by atoms with Gasteiger partial charge in [0.15, 0.2) is 0 Å². The highest BCUT2D eigenvalue weighted by molar-refractivity contribution is 5.69. The first-order valence-electron chi connectivity index (χ1n) is 5.75. The second-order valence-electron chi connectivity index (χ2n) is 3.92. The van der Waals surface area contributed by atoms with Gasteiger partial charge in [-0.25, -0.2) is 4.39 Å². The molecule has 1 aromatic rings. The fourth-order valence-electron chi connectivity index (χ4n) is 1.48. The van der Waals surface area contributed by atoms with Crippen LogP contribution in [0.1, 0.15) is 25.8 Å². The lowest BCUT2D eigenvalue weighted by Gasteiger charge is -2.12. The van der Waals surface area contributed by atoms with Crippen molar-refractivity contribution in [3.8, 4) is 0 Å². The van der Waals surface area contributed by atoms with Crippen LogP contribution in [0.15, 0.2) is 24.3 Å². The van der Waals surface area contributed by atoms with E-state index in [1.807, 2.05) is 13.0 Å². The van der Waals surface area contributed by atoms with Gasteiger partial charge >= 0.3 is 5.97 Å². The normalized spacial score (nSPS) is 12.2. The van der Waals surface area contributed by atoms with Gasteiger partial charge in [-0.1, -0.05) is 12.1 Å². The van der Waals surface area contributed by atoms with Crippen molar-refractivity contribution >= 4 is 5.97 Å². The van der Waals surface area contributed by atoms with Crippen molar-refractivity contribution in [3.63, 3.8) is 0 Å². The zero-order valence-electron chi connectivity index (χ0n) is 10.2. The smallest absolute Gasteiger partial charge is 0.307 e. The van der Waals surface area contributed by atoms with Crippen molar-refractivity contribution in [2.75, 3.05) is 6.61 Å². The lowest BCUT2D eigenvalue weighted by Crippen LogP contribution is -2.28. The van der Waals surface area contributed by atoms with Gasteiger partial charge in [0, 0.05) is 12.6 Å². The van der Waals surface area contributed by atoms with Crippen LogP contribution in [0.3, 0.4) is 0 Å². The molecule has 4 heteroatoms. The van der Waals surface area contributed by atoms with E-state index in [1.165, 1.54) is 12.1 Å². The molecule has 3 nitrogen and oxygen atoms in total. The topological polar surface area (TPSA) is 38.3 Å². The highest BCUT2D eigenvalue weighted by atomic mass is 19.1. The molecule has 94 valence electrons. The van der Waals surface area contributed by atoms with E-state index in [9.17, 15) is 9.18 Å². The molecule has 17 heavy (non-hydrogen) atoms. The lowest BCUT2D eigenvalue weighted by molar-refractivity contribution is -0.143. The molecule has 1 unspecified atom stereocenters. The summed E-state index contributed by atoms with van der Waals surface area (Å²) in [6, 6.07) is 6.41. The molecule has 0 aromatic heterocycles. The zero-order chi connectivity index (χ0) is 12.7. The first kappa shape index (κ1) is 13.6. The van der Waals surface area contributed by atoms with Crippen LogP contribution in [0.25, 0.3) is 0 Å². The quantitative estimate of drug-likeness (QED) is 0.774. The van der Waals surface area contributed by atoms with E-state index in [4.69, 9.17) is 4.74 Å². The van der Waals surface area contributed by atoms with Gasteiger partial charge in [-0.05, 0) is 31.5 Å². The van der Waals surface area contributed by atoms with E-state index < -0.39 is 0 Å². The fourth-order valence-corrected chi connectivity index (χ4v) is 1.48. The highest BCUT2D eigenvalue weighted by Gasteiger charge is 2.09. The number of ether oxygens (including phenoxy) is 1. The van der Waals surface area contributed by atoms with Crippen LogP contribution in [-0.2, 0) is 16.1 Å². The molecule has 0 radical (unpaired) electrons. The molecule has 0 amide bonds. The van der Waals surface area contributed by atoms with Crippen LogP contribution in [-0.4, -0.2) is 18.6 Å². The van der Waals surface area contributed by atoms with E-state index in [-0.39, 0.29) is 17.8 Å². The van der Waals surface area contributed by atoms with Gasteiger partial charge in [0.05, 0.1) is 13.0 Å². The Morgan fingerprint density at radius 2 is 2.29 bits per heavy atom. The minimum atomic E-state index is -0.248. The molecule has 0 aliphatic rings. The third kappa shape index (κ3) is 5.45. The number of hydrogen-bond acceptors (Lipinski definition) is 3. The Morgan fingerprint density at radius 3 is 2.94 bits per heavy atom. The maximum atomic E-state index is 12.9. The number of carbonyl (C=O) groups excluding carboxylic acids is 1. The summed E-state index contributed by atoms with van der Waals surface area (Å²) in [6.07, 6.45) is 0.323. The number of rotatable bonds is 6. The summed E-state index contributed by atoms with van der Waals surface area (Å²) < 4.78 is 17.7. The second-order valence-corrected chi connectivity index (χ2v) is 3.92. The van der Waals surface area contributed by atoms with E-state index in [1.54, 1.807) is 13.0 Å². The molecule has 1 N–H and O–H groups in total. The summed E-state index contributed by atoms with van der Waals surface area (Å²) in [5.74, 6) is -0.464. The Bertz CT molecular complexity index is 368. The van der Waals surface area contributed by atoms with Crippen LogP contribution in [0.2, 0.25) is 0 Å². The molecule has 0 bridgehead atoms. The zero-order valence-corrected chi connectivity index (χ0v) is 10.2. The monoisotopic (exact) mass is 239 g/mol. The van der Waals surface area contributed by atoms with Crippen LogP contribution in [0.4, 0.5) is 4.39 Å². The maximum absolute atomic E-state index is 12.9. The van der Waals surface area contributed by atoms with Crippen molar-refractivity contribution in [2.45, 2.75) is 32.9 Å². The summed E-state index contributed by atoms with van der Waals surface area (Å²) in [5.41, 5.74) is 0.862. The molecule has 0 aliphatic heterocycles. The first-order chi connectivity index (χ1) is 8.11. The number of hydrogen-bond donors (Lipinski definition) is 1. The van der Waals surface area contributed by atoms with Crippen LogP contribution >= 0.6 is 0 Å². The summed E-state index contributed by atoms with van der Waals surface area (Å²) >= 11 is 0. The molecule has 0 fully saturated rings. The molecule has 0 saturated heterocycles. The third-order valence-electron chi connectivity index (χ3n) is 2.32. The van der Waals surface area contributed by atoms with Gasteiger partial charge in [-0.2, -0.15) is 0 Å². The Hall–Kier alpha value is -1.42. The number of esters is 1. The van der Waals surface area contributed by atoms with Gasteiger partial charge in [0.2, 0.25) is 0 Å². The lowest BCUT2D eigenvalue weighted by atomic mass is 10.2. The summed E-state index contributed by atoms with van der Waals surface area (Å²) in [7, 11) is 0. The Kier molecular flexibility index (Phi) is 5.63. The van der Waals surface area contributed by atoms with Crippen molar-refractivity contribution in [1.82, 2.24) is 5.32 Å². The van der Waals surface area contributed by atoms with Crippen molar-refractivity contribution in [2.24, 2.45) is 0 Å². The molecule has 0 aliphatic carbocycles. The summed E-state index contributed by atoms with van der Waals surface area (Å²) in [6.45, 7) is 4.62. The highest BCUT2D eigenvalue weighted by Crippen LogP contribution is 2.04.